The van der Waals surface area contributed by atoms with Crippen molar-refractivity contribution in [3.05, 3.63) is 24.2 Å². The van der Waals surface area contributed by atoms with Gasteiger partial charge in [0.1, 0.15) is 11.5 Å². The molecule has 0 radical (unpaired) electrons. The topological polar surface area (TPSA) is 30.2 Å². The van der Waals surface area contributed by atoms with Gasteiger partial charge in [0, 0.05) is 18.7 Å². The number of rotatable bonds is 3. The van der Waals surface area contributed by atoms with Crippen LogP contribution in [0.1, 0.15) is 64.1 Å². The molecule has 0 aromatic carbocycles. The molecule has 3 heteroatoms. The van der Waals surface area contributed by atoms with Gasteiger partial charge in [-0.3, -0.25) is 4.79 Å². The summed E-state index contributed by atoms with van der Waals surface area (Å²) in [5, 5.41) is 0. The van der Waals surface area contributed by atoms with Gasteiger partial charge in [0.05, 0.1) is 6.26 Å². The van der Waals surface area contributed by atoms with Crippen molar-refractivity contribution >= 4 is 17.4 Å². The third-order valence-corrected chi connectivity index (χ3v) is 3.08. The molecule has 0 amide bonds. The molecule has 1 saturated carbocycles. The molecule has 1 aliphatic rings. The molecular formula is C16H27ClO2. The normalized spacial score (nSPS) is 13.9. The maximum absolute atomic E-state index is 10.5. The summed E-state index contributed by atoms with van der Waals surface area (Å²) in [6.07, 6.45) is 10.6. The largest absolute Gasteiger partial charge is 0.470 e. The van der Waals surface area contributed by atoms with Crippen LogP contribution in [0.2, 0.25) is 0 Å². The molecule has 2 rings (SSSR count). The Morgan fingerprint density at radius 1 is 1.21 bits per heavy atom. The van der Waals surface area contributed by atoms with Crippen LogP contribution in [0.5, 0.6) is 0 Å². The van der Waals surface area contributed by atoms with E-state index in [9.17, 15) is 4.79 Å². The quantitative estimate of drug-likeness (QED) is 0.541. The predicted octanol–water partition coefficient (Wildman–Crippen LogP) is 5.52. The van der Waals surface area contributed by atoms with E-state index in [0.717, 1.165) is 37.3 Å². The smallest absolute Gasteiger partial charge is 0.132 e. The highest BCUT2D eigenvalue weighted by molar-refractivity contribution is 6.17. The molecule has 0 spiro atoms. The minimum atomic E-state index is 0.464. The van der Waals surface area contributed by atoms with E-state index in [4.69, 9.17) is 16.0 Å². The molecule has 1 aliphatic carbocycles. The minimum absolute atomic E-state index is 0.464. The van der Waals surface area contributed by atoms with E-state index < -0.39 is 0 Å². The molecular weight excluding hydrogens is 260 g/mol. The molecule has 19 heavy (non-hydrogen) atoms. The van der Waals surface area contributed by atoms with Gasteiger partial charge in [0.25, 0.3) is 0 Å². The van der Waals surface area contributed by atoms with Gasteiger partial charge in [-0.15, -0.1) is 11.6 Å². The van der Waals surface area contributed by atoms with Crippen LogP contribution in [0, 0.1) is 6.92 Å². The van der Waals surface area contributed by atoms with Gasteiger partial charge < -0.3 is 4.42 Å². The highest BCUT2D eigenvalue weighted by Crippen LogP contribution is 2.12. The Morgan fingerprint density at radius 3 is 2.11 bits per heavy atom. The first-order valence-corrected chi connectivity index (χ1v) is 7.82. The van der Waals surface area contributed by atoms with Crippen LogP contribution in [-0.2, 0) is 4.79 Å². The van der Waals surface area contributed by atoms with E-state index in [1.807, 2.05) is 19.1 Å². The van der Waals surface area contributed by atoms with Gasteiger partial charge in [0.2, 0.25) is 0 Å². The van der Waals surface area contributed by atoms with Crippen LogP contribution in [0.3, 0.4) is 0 Å². The van der Waals surface area contributed by atoms with E-state index in [1.165, 1.54) is 25.7 Å². The van der Waals surface area contributed by atoms with E-state index in [2.05, 4.69) is 6.92 Å². The van der Waals surface area contributed by atoms with E-state index >= 15 is 0 Å². The van der Waals surface area contributed by atoms with Crippen molar-refractivity contribution in [2.75, 3.05) is 5.88 Å². The van der Waals surface area contributed by atoms with Crippen molar-refractivity contribution in [1.29, 1.82) is 0 Å². The van der Waals surface area contributed by atoms with Crippen molar-refractivity contribution < 1.29 is 9.21 Å². The first-order chi connectivity index (χ1) is 9.20. The third-order valence-electron chi connectivity index (χ3n) is 2.81. The van der Waals surface area contributed by atoms with Crippen LogP contribution in [-0.4, -0.2) is 11.7 Å². The predicted molar refractivity (Wildman–Crippen MR) is 81.8 cm³/mol. The zero-order valence-electron chi connectivity index (χ0n) is 12.3. The van der Waals surface area contributed by atoms with Crippen LogP contribution in [0.4, 0.5) is 0 Å². The lowest BCUT2D eigenvalue weighted by atomic mass is 10.00. The molecule has 1 aromatic rings. The fraction of sp³-hybridized carbons (Fsp3) is 0.688. The molecule has 1 aromatic heterocycles. The van der Waals surface area contributed by atoms with Crippen LogP contribution in [0.15, 0.2) is 22.8 Å². The van der Waals surface area contributed by atoms with Crippen LogP contribution >= 0.6 is 11.6 Å². The van der Waals surface area contributed by atoms with Gasteiger partial charge in [-0.2, -0.15) is 0 Å². The molecule has 2 nitrogen and oxygen atoms in total. The fourth-order valence-corrected chi connectivity index (χ4v) is 1.84. The Bertz CT molecular complexity index is 282. The number of furan rings is 1. The van der Waals surface area contributed by atoms with Crippen molar-refractivity contribution in [1.82, 2.24) is 0 Å². The summed E-state index contributed by atoms with van der Waals surface area (Å²) in [4.78, 5) is 10.5. The van der Waals surface area contributed by atoms with Crippen molar-refractivity contribution in [3.63, 3.8) is 0 Å². The summed E-state index contributed by atoms with van der Waals surface area (Å²) in [5.74, 6) is 2.26. The minimum Gasteiger partial charge on any atom is -0.470 e. The Hall–Kier alpha value is -0.760. The average molecular weight is 287 g/mol. The molecule has 0 aliphatic heterocycles. The Kier molecular flexibility index (Phi) is 13.1. The van der Waals surface area contributed by atoms with Crippen molar-refractivity contribution in [3.8, 4) is 0 Å². The highest BCUT2D eigenvalue weighted by Gasteiger charge is 2.05. The van der Waals surface area contributed by atoms with Crippen molar-refractivity contribution in [2.24, 2.45) is 0 Å². The number of halogens is 1. The number of Topliss-reactive ketones (excluding diaryl/α,β-unsaturated/α-hetero) is 1. The number of carbonyl (C=O) groups is 1. The average Bonchev–Trinajstić information content (AvgIpc) is 2.90. The number of ketones is 1. The first kappa shape index (κ1) is 18.2. The lowest BCUT2D eigenvalue weighted by Gasteiger charge is -2.05. The van der Waals surface area contributed by atoms with Crippen molar-refractivity contribution in [2.45, 2.75) is 65.2 Å². The summed E-state index contributed by atoms with van der Waals surface area (Å²) in [7, 11) is 0. The summed E-state index contributed by atoms with van der Waals surface area (Å²) in [5.41, 5.74) is 0. The summed E-state index contributed by atoms with van der Waals surface area (Å²) >= 11 is 5.38. The first-order valence-electron chi connectivity index (χ1n) is 7.28. The van der Waals surface area contributed by atoms with Gasteiger partial charge in [-0.05, 0) is 38.3 Å². The standard InChI is InChI=1S/C6H10O.C5H11Cl.C5H6O/c7-6-4-2-1-3-5-6;1-2-3-4-5-6;1-5-3-2-4-6-5/h1-5H2;2-5H2,1H3;2-4H,1H3. The van der Waals surface area contributed by atoms with Crippen LogP contribution < -0.4 is 0 Å². The Balaban J connectivity index is 0.000000257. The molecule has 1 heterocycles. The van der Waals surface area contributed by atoms with E-state index in [0.29, 0.717) is 5.78 Å². The number of hydrogen-bond donors (Lipinski definition) is 0. The Labute approximate surface area is 122 Å². The molecule has 0 saturated heterocycles. The Morgan fingerprint density at radius 2 is 1.89 bits per heavy atom. The summed E-state index contributed by atoms with van der Waals surface area (Å²) in [6.45, 7) is 4.09. The second-order valence-corrected chi connectivity index (χ2v) is 5.10. The van der Waals surface area contributed by atoms with Gasteiger partial charge in [-0.25, -0.2) is 0 Å². The second kappa shape index (κ2) is 13.7. The summed E-state index contributed by atoms with van der Waals surface area (Å²) in [6, 6.07) is 3.79. The molecule has 0 unspecified atom stereocenters. The zero-order valence-corrected chi connectivity index (χ0v) is 13.0. The zero-order chi connectivity index (χ0) is 14.3. The number of carbonyl (C=O) groups excluding carboxylic acids is 1. The van der Waals surface area contributed by atoms with Gasteiger partial charge in [-0.1, -0.05) is 26.2 Å². The lowest BCUT2D eigenvalue weighted by molar-refractivity contribution is -0.120. The number of aryl methyl sites for hydroxylation is 1. The van der Waals surface area contributed by atoms with Crippen LogP contribution in [0.25, 0.3) is 0 Å². The lowest BCUT2D eigenvalue weighted by Crippen LogP contribution is -2.02. The number of alkyl halides is 1. The highest BCUT2D eigenvalue weighted by atomic mass is 35.5. The van der Waals surface area contributed by atoms with Gasteiger partial charge in [0.15, 0.2) is 0 Å². The molecule has 0 atom stereocenters. The number of unbranched alkanes of at least 4 members (excludes halogenated alkanes) is 2. The monoisotopic (exact) mass is 286 g/mol. The molecule has 0 bridgehead atoms. The third kappa shape index (κ3) is 13.5. The maximum atomic E-state index is 10.5. The van der Waals surface area contributed by atoms with E-state index in [1.54, 1.807) is 6.26 Å². The SMILES string of the molecule is CCCCCCl.Cc1ccco1.O=C1CCCCC1. The molecule has 0 N–H and O–H groups in total. The fourth-order valence-electron chi connectivity index (χ4n) is 1.65. The second-order valence-electron chi connectivity index (χ2n) is 4.72. The molecule has 1 fully saturated rings. The molecule has 110 valence electrons. The van der Waals surface area contributed by atoms with Gasteiger partial charge >= 0.3 is 0 Å². The number of hydrogen-bond acceptors (Lipinski definition) is 2. The maximum Gasteiger partial charge on any atom is 0.132 e. The summed E-state index contributed by atoms with van der Waals surface area (Å²) < 4.78 is 4.83. The van der Waals surface area contributed by atoms with E-state index in [-0.39, 0.29) is 0 Å².